The highest BCUT2D eigenvalue weighted by Gasteiger charge is 2.24. The van der Waals surface area contributed by atoms with E-state index in [1.807, 2.05) is 18.0 Å². The smallest absolute Gasteiger partial charge is 0.158 e. The summed E-state index contributed by atoms with van der Waals surface area (Å²) in [6.07, 6.45) is 0. The van der Waals surface area contributed by atoms with Crippen molar-refractivity contribution in [1.29, 1.82) is 0 Å². The molecule has 1 aromatic rings. The van der Waals surface area contributed by atoms with Crippen molar-refractivity contribution in [3.63, 3.8) is 0 Å². The summed E-state index contributed by atoms with van der Waals surface area (Å²) in [5.74, 6) is 2.14. The van der Waals surface area contributed by atoms with Crippen LogP contribution in [0, 0.1) is 0 Å². The number of hydrogen-bond acceptors (Lipinski definition) is 7. The summed E-state index contributed by atoms with van der Waals surface area (Å²) in [6.45, 7) is 2.25. The molecule has 1 saturated heterocycles. The van der Waals surface area contributed by atoms with Gasteiger partial charge in [0.15, 0.2) is 5.82 Å². The Morgan fingerprint density at radius 1 is 1.58 bits per heavy atom. The van der Waals surface area contributed by atoms with E-state index in [2.05, 4.69) is 15.3 Å². The van der Waals surface area contributed by atoms with E-state index in [-0.39, 0.29) is 12.6 Å². The van der Waals surface area contributed by atoms with E-state index in [9.17, 15) is 5.11 Å². The molecule has 1 aliphatic rings. The molecule has 1 fully saturated rings. The maximum absolute atomic E-state index is 9.42. The van der Waals surface area contributed by atoms with Crippen LogP contribution in [0.4, 0.5) is 11.6 Å². The molecule has 19 heavy (non-hydrogen) atoms. The number of methoxy groups -OCH3 is 1. The van der Waals surface area contributed by atoms with Crippen LogP contribution in [0.5, 0.6) is 0 Å². The molecule has 0 spiro atoms. The number of aromatic nitrogens is 2. The van der Waals surface area contributed by atoms with Crippen molar-refractivity contribution in [3.05, 3.63) is 11.9 Å². The van der Waals surface area contributed by atoms with Gasteiger partial charge in [-0.1, -0.05) is 0 Å². The minimum Gasteiger partial charge on any atom is -0.394 e. The summed E-state index contributed by atoms with van der Waals surface area (Å²) in [4.78, 5) is 10.8. The van der Waals surface area contributed by atoms with Gasteiger partial charge in [-0.05, 0) is 0 Å². The van der Waals surface area contributed by atoms with Crippen LogP contribution in [-0.4, -0.2) is 61.6 Å². The molecule has 0 radical (unpaired) electrons. The minimum atomic E-state index is -0.0660. The number of anilines is 2. The van der Waals surface area contributed by atoms with Crippen molar-refractivity contribution in [2.24, 2.45) is 0 Å². The Labute approximate surface area is 112 Å². The molecular formula is C12H20N4O3. The average molecular weight is 268 g/mol. The molecule has 7 heteroatoms. The van der Waals surface area contributed by atoms with E-state index in [4.69, 9.17) is 9.47 Å². The van der Waals surface area contributed by atoms with Crippen LogP contribution in [0.15, 0.2) is 6.07 Å². The highest BCUT2D eigenvalue weighted by Crippen LogP contribution is 2.20. The number of nitrogens with zero attached hydrogens (tertiary/aromatic N) is 3. The largest absolute Gasteiger partial charge is 0.394 e. The van der Waals surface area contributed by atoms with Crippen LogP contribution in [0.25, 0.3) is 0 Å². The second-order valence-electron chi connectivity index (χ2n) is 4.32. The highest BCUT2D eigenvalue weighted by molar-refractivity contribution is 5.50. The van der Waals surface area contributed by atoms with E-state index in [0.29, 0.717) is 32.2 Å². The fourth-order valence-electron chi connectivity index (χ4n) is 2.06. The number of nitrogens with one attached hydrogen (secondary N) is 1. The molecule has 106 valence electrons. The Balaban J connectivity index is 2.28. The second-order valence-corrected chi connectivity index (χ2v) is 4.32. The maximum atomic E-state index is 9.42. The third kappa shape index (κ3) is 3.31. The van der Waals surface area contributed by atoms with E-state index in [0.717, 1.165) is 11.6 Å². The number of ether oxygens (including phenoxy) is 2. The standard InChI is InChI=1S/C12H20N4O3/c1-13-10-5-12(15-11(14-10)8-18-2)16-3-4-19-7-9(16)6-17/h5,9,17H,3-4,6-8H2,1-2H3,(H,13,14,15). The number of morpholine rings is 1. The quantitative estimate of drug-likeness (QED) is 0.769. The Morgan fingerprint density at radius 3 is 3.11 bits per heavy atom. The Morgan fingerprint density at radius 2 is 2.42 bits per heavy atom. The molecule has 2 rings (SSSR count). The van der Waals surface area contributed by atoms with Gasteiger partial charge < -0.3 is 24.8 Å². The molecule has 7 nitrogen and oxygen atoms in total. The van der Waals surface area contributed by atoms with Gasteiger partial charge in [-0.3, -0.25) is 0 Å². The molecule has 0 bridgehead atoms. The summed E-state index contributed by atoms with van der Waals surface area (Å²) in [6, 6.07) is 1.80. The zero-order valence-corrected chi connectivity index (χ0v) is 11.3. The van der Waals surface area contributed by atoms with Gasteiger partial charge in [0.1, 0.15) is 18.2 Å². The van der Waals surface area contributed by atoms with Crippen LogP contribution >= 0.6 is 0 Å². The molecule has 0 aliphatic carbocycles. The fourth-order valence-corrected chi connectivity index (χ4v) is 2.06. The van der Waals surface area contributed by atoms with Gasteiger partial charge >= 0.3 is 0 Å². The molecule has 2 N–H and O–H groups in total. The Kier molecular flexibility index (Phi) is 4.89. The molecule has 1 aliphatic heterocycles. The first-order chi connectivity index (χ1) is 9.28. The lowest BCUT2D eigenvalue weighted by Gasteiger charge is -2.35. The summed E-state index contributed by atoms with van der Waals surface area (Å²) < 4.78 is 10.5. The monoisotopic (exact) mass is 268 g/mol. The zero-order chi connectivity index (χ0) is 13.7. The molecule has 0 amide bonds. The predicted molar refractivity (Wildman–Crippen MR) is 71.3 cm³/mol. The van der Waals surface area contributed by atoms with Crippen LogP contribution in [0.2, 0.25) is 0 Å². The van der Waals surface area contributed by atoms with E-state index >= 15 is 0 Å². The number of hydrogen-bond donors (Lipinski definition) is 2. The number of aliphatic hydroxyl groups excluding tert-OH is 1. The number of rotatable bonds is 5. The van der Waals surface area contributed by atoms with Crippen molar-refractivity contribution in [3.8, 4) is 0 Å². The van der Waals surface area contributed by atoms with E-state index < -0.39 is 0 Å². The summed E-state index contributed by atoms with van der Waals surface area (Å²) >= 11 is 0. The fraction of sp³-hybridized carbons (Fsp3) is 0.667. The topological polar surface area (TPSA) is 79.7 Å². The van der Waals surface area contributed by atoms with Gasteiger partial charge in [0.25, 0.3) is 0 Å². The van der Waals surface area contributed by atoms with Gasteiger partial charge in [0.2, 0.25) is 0 Å². The van der Waals surface area contributed by atoms with Gasteiger partial charge in [0.05, 0.1) is 25.9 Å². The molecular weight excluding hydrogens is 248 g/mol. The molecule has 1 aromatic heterocycles. The summed E-state index contributed by atoms with van der Waals surface area (Å²) in [5.41, 5.74) is 0. The van der Waals surface area contributed by atoms with Crippen molar-refractivity contribution in [2.45, 2.75) is 12.6 Å². The van der Waals surface area contributed by atoms with Gasteiger partial charge in [0, 0.05) is 26.8 Å². The zero-order valence-electron chi connectivity index (χ0n) is 11.3. The molecule has 1 atom stereocenters. The van der Waals surface area contributed by atoms with Crippen LogP contribution < -0.4 is 10.2 Å². The van der Waals surface area contributed by atoms with Crippen molar-refractivity contribution >= 4 is 11.6 Å². The van der Waals surface area contributed by atoms with Gasteiger partial charge in [-0.25, -0.2) is 9.97 Å². The normalized spacial score (nSPS) is 19.5. The molecule has 2 heterocycles. The summed E-state index contributed by atoms with van der Waals surface area (Å²) in [5, 5.41) is 12.4. The van der Waals surface area contributed by atoms with Crippen molar-refractivity contribution < 1.29 is 14.6 Å². The van der Waals surface area contributed by atoms with Crippen LogP contribution in [0.3, 0.4) is 0 Å². The first-order valence-electron chi connectivity index (χ1n) is 6.28. The van der Waals surface area contributed by atoms with E-state index in [1.54, 1.807) is 7.11 Å². The maximum Gasteiger partial charge on any atom is 0.158 e. The highest BCUT2D eigenvalue weighted by atomic mass is 16.5. The average Bonchev–Trinajstić information content (AvgIpc) is 2.47. The van der Waals surface area contributed by atoms with E-state index in [1.165, 1.54) is 0 Å². The molecule has 0 saturated carbocycles. The lowest BCUT2D eigenvalue weighted by atomic mass is 10.2. The van der Waals surface area contributed by atoms with Gasteiger partial charge in [-0.2, -0.15) is 0 Å². The Hall–Kier alpha value is -1.44. The van der Waals surface area contributed by atoms with Crippen LogP contribution in [-0.2, 0) is 16.1 Å². The predicted octanol–water partition coefficient (Wildman–Crippen LogP) is -0.138. The molecule has 1 unspecified atom stereocenters. The van der Waals surface area contributed by atoms with Crippen LogP contribution in [0.1, 0.15) is 5.82 Å². The minimum absolute atomic E-state index is 0.0402. The Bertz CT molecular complexity index is 416. The first kappa shape index (κ1) is 14.0. The second kappa shape index (κ2) is 6.65. The van der Waals surface area contributed by atoms with Crippen molar-refractivity contribution in [1.82, 2.24) is 9.97 Å². The summed E-state index contributed by atoms with van der Waals surface area (Å²) in [7, 11) is 3.42. The number of aliphatic hydroxyl groups is 1. The lowest BCUT2D eigenvalue weighted by Crippen LogP contribution is -2.48. The van der Waals surface area contributed by atoms with Gasteiger partial charge in [-0.15, -0.1) is 0 Å². The third-order valence-electron chi connectivity index (χ3n) is 3.02. The third-order valence-corrected chi connectivity index (χ3v) is 3.02. The van der Waals surface area contributed by atoms with Crippen molar-refractivity contribution in [2.75, 3.05) is 50.7 Å². The lowest BCUT2D eigenvalue weighted by molar-refractivity contribution is 0.0722. The SMILES string of the molecule is CNc1cc(N2CCOCC2CO)nc(COC)n1. The molecule has 0 aromatic carbocycles. The first-order valence-corrected chi connectivity index (χ1v) is 6.28.